The third-order valence-electron chi connectivity index (χ3n) is 4.10. The lowest BCUT2D eigenvalue weighted by Gasteiger charge is -2.26. The maximum atomic E-state index is 5.33. The molecule has 1 heterocycles. The third kappa shape index (κ3) is 4.20. The van der Waals surface area contributed by atoms with Crippen LogP contribution < -0.4 is 10.1 Å². The van der Waals surface area contributed by atoms with E-state index in [1.165, 1.54) is 25.1 Å². The maximum Gasteiger partial charge on any atom is 0.119 e. The molecule has 0 bridgehead atoms. The number of benzene rings is 1. The molecule has 1 fully saturated rings. The molecule has 0 spiro atoms. The topological polar surface area (TPSA) is 27.7 Å². The average Bonchev–Trinajstić information content (AvgIpc) is 2.69. The number of rotatable bonds is 5. The smallest absolute Gasteiger partial charge is 0.119 e. The van der Waals surface area contributed by atoms with Crippen LogP contribution in [-0.2, 0) is 0 Å². The molecule has 1 aromatic rings. The molecule has 1 aromatic carbocycles. The summed E-state index contributed by atoms with van der Waals surface area (Å²) in [6, 6.07) is 8.72. The largest absolute Gasteiger partial charge is 0.497 e. The SMILES string of the molecule is CNC(CN1CCCN(C)CC1)c1cccc(OC)c1. The first-order chi connectivity index (χ1) is 9.72. The lowest BCUT2D eigenvalue weighted by molar-refractivity contribution is 0.251. The fourth-order valence-electron chi connectivity index (χ4n) is 2.76. The lowest BCUT2D eigenvalue weighted by Crippen LogP contribution is -2.36. The molecule has 4 nitrogen and oxygen atoms in total. The number of methoxy groups -OCH3 is 1. The van der Waals surface area contributed by atoms with Crippen molar-refractivity contribution in [3.8, 4) is 5.75 Å². The van der Waals surface area contributed by atoms with Crippen LogP contribution in [0.15, 0.2) is 24.3 Å². The van der Waals surface area contributed by atoms with Crippen LogP contribution in [0.1, 0.15) is 18.0 Å². The predicted octanol–water partition coefficient (Wildman–Crippen LogP) is 1.59. The Morgan fingerprint density at radius 2 is 2.10 bits per heavy atom. The molecule has 2 rings (SSSR count). The number of nitrogens with zero attached hydrogens (tertiary/aromatic N) is 2. The molecular weight excluding hydrogens is 250 g/mol. The van der Waals surface area contributed by atoms with E-state index >= 15 is 0 Å². The van der Waals surface area contributed by atoms with Crippen LogP contribution in [0, 0.1) is 0 Å². The minimum absolute atomic E-state index is 0.355. The maximum absolute atomic E-state index is 5.33. The monoisotopic (exact) mass is 277 g/mol. The molecular formula is C16H27N3O. The number of ether oxygens (including phenoxy) is 1. The Labute approximate surface area is 122 Å². The van der Waals surface area contributed by atoms with E-state index in [2.05, 4.69) is 40.4 Å². The van der Waals surface area contributed by atoms with Gasteiger partial charge in [-0.05, 0) is 51.3 Å². The second-order valence-electron chi connectivity index (χ2n) is 5.58. The number of nitrogens with one attached hydrogen (secondary N) is 1. The fourth-order valence-corrected chi connectivity index (χ4v) is 2.76. The van der Waals surface area contributed by atoms with E-state index in [4.69, 9.17) is 4.74 Å². The van der Waals surface area contributed by atoms with E-state index in [-0.39, 0.29) is 0 Å². The van der Waals surface area contributed by atoms with Gasteiger partial charge in [-0.1, -0.05) is 12.1 Å². The molecule has 0 aromatic heterocycles. The van der Waals surface area contributed by atoms with E-state index in [0.29, 0.717) is 6.04 Å². The highest BCUT2D eigenvalue weighted by Gasteiger charge is 2.17. The minimum Gasteiger partial charge on any atom is -0.497 e. The van der Waals surface area contributed by atoms with Crippen molar-refractivity contribution in [2.75, 3.05) is 53.9 Å². The Balaban J connectivity index is 2.00. The summed E-state index contributed by atoms with van der Waals surface area (Å²) in [6.45, 7) is 5.76. The highest BCUT2D eigenvalue weighted by atomic mass is 16.5. The van der Waals surface area contributed by atoms with Crippen LogP contribution in [-0.4, -0.2) is 63.7 Å². The first kappa shape index (κ1) is 15.3. The van der Waals surface area contributed by atoms with Gasteiger partial charge in [0.15, 0.2) is 0 Å². The molecule has 112 valence electrons. The standard InChI is InChI=1S/C16H27N3O/c1-17-16(14-6-4-7-15(12-14)20-3)13-19-9-5-8-18(2)10-11-19/h4,6-7,12,16-17H,5,8-11,13H2,1-3H3. The van der Waals surface area contributed by atoms with Gasteiger partial charge in [0.25, 0.3) is 0 Å². The van der Waals surface area contributed by atoms with E-state index in [9.17, 15) is 0 Å². The second-order valence-corrected chi connectivity index (χ2v) is 5.58. The van der Waals surface area contributed by atoms with Crippen molar-refractivity contribution in [3.63, 3.8) is 0 Å². The van der Waals surface area contributed by atoms with Gasteiger partial charge in [0.2, 0.25) is 0 Å². The van der Waals surface area contributed by atoms with Gasteiger partial charge in [0, 0.05) is 25.7 Å². The van der Waals surface area contributed by atoms with E-state index in [1.807, 2.05) is 13.1 Å². The number of hydrogen-bond donors (Lipinski definition) is 1. The molecule has 1 unspecified atom stereocenters. The molecule has 4 heteroatoms. The van der Waals surface area contributed by atoms with Crippen LogP contribution >= 0.6 is 0 Å². The predicted molar refractivity (Wildman–Crippen MR) is 83.3 cm³/mol. The fraction of sp³-hybridized carbons (Fsp3) is 0.625. The molecule has 0 amide bonds. The Hall–Kier alpha value is -1.10. The quantitative estimate of drug-likeness (QED) is 0.884. The summed E-state index contributed by atoms with van der Waals surface area (Å²) in [5.74, 6) is 0.929. The average molecular weight is 277 g/mol. The van der Waals surface area contributed by atoms with Crippen molar-refractivity contribution in [3.05, 3.63) is 29.8 Å². The molecule has 1 atom stereocenters. The summed E-state index contributed by atoms with van der Waals surface area (Å²) in [5.41, 5.74) is 1.30. The highest BCUT2D eigenvalue weighted by Crippen LogP contribution is 2.20. The molecule has 1 saturated heterocycles. The molecule has 1 aliphatic rings. The van der Waals surface area contributed by atoms with Gasteiger partial charge in [0.1, 0.15) is 5.75 Å². The van der Waals surface area contributed by atoms with Gasteiger partial charge in [-0.25, -0.2) is 0 Å². The second kappa shape index (κ2) is 7.62. The molecule has 0 saturated carbocycles. The first-order valence-corrected chi connectivity index (χ1v) is 7.45. The highest BCUT2D eigenvalue weighted by molar-refractivity contribution is 5.30. The van der Waals surface area contributed by atoms with Crippen molar-refractivity contribution >= 4 is 0 Å². The molecule has 20 heavy (non-hydrogen) atoms. The number of likely N-dealkylation sites (N-methyl/N-ethyl adjacent to an activating group) is 2. The zero-order valence-corrected chi connectivity index (χ0v) is 12.9. The van der Waals surface area contributed by atoms with Crippen molar-refractivity contribution < 1.29 is 4.74 Å². The van der Waals surface area contributed by atoms with Crippen LogP contribution in [0.3, 0.4) is 0 Å². The van der Waals surface area contributed by atoms with Crippen molar-refractivity contribution in [1.82, 2.24) is 15.1 Å². The number of hydrogen-bond acceptors (Lipinski definition) is 4. The van der Waals surface area contributed by atoms with Gasteiger partial charge in [-0.3, -0.25) is 0 Å². The van der Waals surface area contributed by atoms with Gasteiger partial charge >= 0.3 is 0 Å². The van der Waals surface area contributed by atoms with Crippen LogP contribution in [0.2, 0.25) is 0 Å². The minimum atomic E-state index is 0.355. The van der Waals surface area contributed by atoms with Gasteiger partial charge < -0.3 is 19.9 Å². The summed E-state index contributed by atoms with van der Waals surface area (Å²) < 4.78 is 5.33. The first-order valence-electron chi connectivity index (χ1n) is 7.45. The zero-order valence-electron chi connectivity index (χ0n) is 12.9. The molecule has 1 N–H and O–H groups in total. The zero-order chi connectivity index (χ0) is 14.4. The van der Waals surface area contributed by atoms with E-state index < -0.39 is 0 Å². The van der Waals surface area contributed by atoms with Gasteiger partial charge in [0.05, 0.1) is 7.11 Å². The lowest BCUT2D eigenvalue weighted by atomic mass is 10.1. The van der Waals surface area contributed by atoms with Crippen molar-refractivity contribution in [1.29, 1.82) is 0 Å². The van der Waals surface area contributed by atoms with E-state index in [0.717, 1.165) is 25.4 Å². The third-order valence-corrected chi connectivity index (χ3v) is 4.10. The molecule has 0 aliphatic carbocycles. The van der Waals surface area contributed by atoms with Crippen LogP contribution in [0.25, 0.3) is 0 Å². The van der Waals surface area contributed by atoms with E-state index in [1.54, 1.807) is 7.11 Å². The Morgan fingerprint density at radius 1 is 1.25 bits per heavy atom. The van der Waals surface area contributed by atoms with Gasteiger partial charge in [-0.2, -0.15) is 0 Å². The Bertz CT molecular complexity index is 410. The summed E-state index contributed by atoms with van der Waals surface area (Å²) in [6.07, 6.45) is 1.26. The van der Waals surface area contributed by atoms with Gasteiger partial charge in [-0.15, -0.1) is 0 Å². The molecule has 0 radical (unpaired) electrons. The normalized spacial score (nSPS) is 19.6. The van der Waals surface area contributed by atoms with Crippen LogP contribution in [0.4, 0.5) is 0 Å². The summed E-state index contributed by atoms with van der Waals surface area (Å²) in [7, 11) is 5.97. The summed E-state index contributed by atoms with van der Waals surface area (Å²) in [4.78, 5) is 4.98. The Kier molecular flexibility index (Phi) is 5.83. The summed E-state index contributed by atoms with van der Waals surface area (Å²) >= 11 is 0. The van der Waals surface area contributed by atoms with Crippen molar-refractivity contribution in [2.45, 2.75) is 12.5 Å². The molecule has 1 aliphatic heterocycles. The van der Waals surface area contributed by atoms with Crippen molar-refractivity contribution in [2.24, 2.45) is 0 Å². The Morgan fingerprint density at radius 3 is 2.85 bits per heavy atom. The van der Waals surface area contributed by atoms with Crippen LogP contribution in [0.5, 0.6) is 5.75 Å². The summed E-state index contributed by atoms with van der Waals surface area (Å²) in [5, 5.41) is 3.44.